The normalized spacial score (nSPS) is 19.9. The predicted octanol–water partition coefficient (Wildman–Crippen LogP) is 0.609. The predicted molar refractivity (Wildman–Crippen MR) is 59.4 cm³/mol. The van der Waals surface area contributed by atoms with E-state index in [4.69, 9.17) is 10.5 Å². The Hall–Kier alpha value is -0.610. The maximum absolute atomic E-state index is 11.8. The molecule has 88 valence electrons. The monoisotopic (exact) mass is 214 g/mol. The molecule has 4 heteroatoms. The van der Waals surface area contributed by atoms with Crippen molar-refractivity contribution < 1.29 is 9.53 Å². The topological polar surface area (TPSA) is 55.6 Å². The highest BCUT2D eigenvalue weighted by Gasteiger charge is 2.21. The third kappa shape index (κ3) is 3.80. The molecule has 1 heterocycles. The molecular formula is C11H22N2O2. The van der Waals surface area contributed by atoms with Crippen LogP contribution in [-0.2, 0) is 9.53 Å². The zero-order valence-electron chi connectivity index (χ0n) is 9.74. The van der Waals surface area contributed by atoms with Crippen LogP contribution in [0.2, 0.25) is 0 Å². The van der Waals surface area contributed by atoms with E-state index in [0.29, 0.717) is 18.9 Å². The molecule has 2 N–H and O–H groups in total. The number of nitrogens with zero attached hydrogens (tertiary/aromatic N) is 1. The van der Waals surface area contributed by atoms with Crippen LogP contribution < -0.4 is 5.73 Å². The van der Waals surface area contributed by atoms with Crippen LogP contribution in [0.15, 0.2) is 0 Å². The van der Waals surface area contributed by atoms with Gasteiger partial charge in [0.1, 0.15) is 0 Å². The Balaban J connectivity index is 2.33. The fraction of sp³-hybridized carbons (Fsp3) is 0.909. The van der Waals surface area contributed by atoms with Crippen molar-refractivity contribution in [2.75, 3.05) is 26.8 Å². The van der Waals surface area contributed by atoms with E-state index in [1.54, 1.807) is 4.90 Å². The molecule has 0 aromatic carbocycles. The van der Waals surface area contributed by atoms with Gasteiger partial charge in [-0.3, -0.25) is 4.79 Å². The summed E-state index contributed by atoms with van der Waals surface area (Å²) in [6, 6.07) is 0.136. The van der Waals surface area contributed by atoms with Crippen LogP contribution in [0, 0.1) is 5.92 Å². The van der Waals surface area contributed by atoms with Crippen LogP contribution >= 0.6 is 0 Å². The molecule has 0 aromatic heterocycles. The molecule has 1 amide bonds. The SMILES string of the molecule is CC(CN)N(C)C(=O)CC1CCOCC1. The summed E-state index contributed by atoms with van der Waals surface area (Å²) in [7, 11) is 1.83. The number of carbonyl (C=O) groups is 1. The van der Waals surface area contributed by atoms with Gasteiger partial charge in [0.25, 0.3) is 0 Å². The van der Waals surface area contributed by atoms with Gasteiger partial charge in [0.2, 0.25) is 5.91 Å². The van der Waals surface area contributed by atoms with Gasteiger partial charge in [-0.05, 0) is 25.7 Å². The number of likely N-dealkylation sites (N-methyl/N-ethyl adjacent to an activating group) is 1. The summed E-state index contributed by atoms with van der Waals surface area (Å²) in [6.07, 6.45) is 2.66. The lowest BCUT2D eigenvalue weighted by Crippen LogP contribution is -2.40. The Morgan fingerprint density at radius 2 is 2.13 bits per heavy atom. The van der Waals surface area contributed by atoms with E-state index in [1.165, 1.54) is 0 Å². The van der Waals surface area contributed by atoms with Crippen LogP contribution in [-0.4, -0.2) is 43.7 Å². The number of amides is 1. The van der Waals surface area contributed by atoms with Crippen molar-refractivity contribution >= 4 is 5.91 Å². The lowest BCUT2D eigenvalue weighted by Gasteiger charge is -2.27. The van der Waals surface area contributed by atoms with E-state index < -0.39 is 0 Å². The Morgan fingerprint density at radius 1 is 1.53 bits per heavy atom. The third-order valence-corrected chi connectivity index (χ3v) is 3.20. The Kier molecular flexibility index (Phi) is 5.05. The van der Waals surface area contributed by atoms with Gasteiger partial charge in [-0.15, -0.1) is 0 Å². The first-order valence-corrected chi connectivity index (χ1v) is 5.68. The Morgan fingerprint density at radius 3 is 2.67 bits per heavy atom. The zero-order chi connectivity index (χ0) is 11.3. The Bertz CT molecular complexity index is 203. The van der Waals surface area contributed by atoms with E-state index in [1.807, 2.05) is 14.0 Å². The van der Waals surface area contributed by atoms with Crippen molar-refractivity contribution in [3.63, 3.8) is 0 Å². The molecule has 1 saturated heterocycles. The first-order valence-electron chi connectivity index (χ1n) is 5.68. The number of hydrogen-bond acceptors (Lipinski definition) is 3. The van der Waals surface area contributed by atoms with Gasteiger partial charge in [-0.25, -0.2) is 0 Å². The van der Waals surface area contributed by atoms with Crippen molar-refractivity contribution in [2.45, 2.75) is 32.2 Å². The third-order valence-electron chi connectivity index (χ3n) is 3.20. The largest absolute Gasteiger partial charge is 0.381 e. The average Bonchev–Trinajstić information content (AvgIpc) is 2.28. The second-order valence-electron chi connectivity index (χ2n) is 4.35. The second kappa shape index (κ2) is 6.08. The average molecular weight is 214 g/mol. The quantitative estimate of drug-likeness (QED) is 0.746. The number of ether oxygens (including phenoxy) is 1. The fourth-order valence-electron chi connectivity index (χ4n) is 1.75. The van der Waals surface area contributed by atoms with E-state index in [0.717, 1.165) is 26.1 Å². The molecule has 1 aliphatic heterocycles. The summed E-state index contributed by atoms with van der Waals surface area (Å²) >= 11 is 0. The van der Waals surface area contributed by atoms with Gasteiger partial charge in [-0.2, -0.15) is 0 Å². The first kappa shape index (κ1) is 12.5. The summed E-state index contributed by atoms with van der Waals surface area (Å²) in [5.74, 6) is 0.707. The second-order valence-corrected chi connectivity index (χ2v) is 4.35. The standard InChI is InChI=1S/C11H22N2O2/c1-9(8-12)13(2)11(14)7-10-3-5-15-6-4-10/h9-10H,3-8,12H2,1-2H3. The minimum Gasteiger partial charge on any atom is -0.381 e. The van der Waals surface area contributed by atoms with Gasteiger partial charge in [0.15, 0.2) is 0 Å². The highest BCUT2D eigenvalue weighted by Crippen LogP contribution is 2.19. The summed E-state index contributed by atoms with van der Waals surface area (Å²) in [4.78, 5) is 13.6. The summed E-state index contributed by atoms with van der Waals surface area (Å²) < 4.78 is 5.27. The van der Waals surface area contributed by atoms with Crippen molar-refractivity contribution in [3.8, 4) is 0 Å². The van der Waals surface area contributed by atoms with Crippen molar-refractivity contribution in [1.29, 1.82) is 0 Å². The fourth-order valence-corrected chi connectivity index (χ4v) is 1.75. The van der Waals surface area contributed by atoms with Crippen molar-refractivity contribution in [2.24, 2.45) is 11.7 Å². The molecule has 1 rings (SSSR count). The maximum Gasteiger partial charge on any atom is 0.222 e. The smallest absolute Gasteiger partial charge is 0.222 e. The van der Waals surface area contributed by atoms with Crippen LogP contribution in [0.3, 0.4) is 0 Å². The number of carbonyl (C=O) groups excluding carboxylic acids is 1. The highest BCUT2D eigenvalue weighted by molar-refractivity contribution is 5.76. The lowest BCUT2D eigenvalue weighted by atomic mass is 9.96. The minimum atomic E-state index is 0.136. The molecule has 0 saturated carbocycles. The van der Waals surface area contributed by atoms with Crippen LogP contribution in [0.4, 0.5) is 0 Å². The van der Waals surface area contributed by atoms with Crippen LogP contribution in [0.25, 0.3) is 0 Å². The molecule has 0 bridgehead atoms. The maximum atomic E-state index is 11.8. The zero-order valence-corrected chi connectivity index (χ0v) is 9.74. The van der Waals surface area contributed by atoms with Gasteiger partial charge in [0.05, 0.1) is 0 Å². The minimum absolute atomic E-state index is 0.136. The summed E-state index contributed by atoms with van der Waals surface area (Å²) in [6.45, 7) is 4.10. The molecule has 1 atom stereocenters. The molecule has 1 unspecified atom stereocenters. The van der Waals surface area contributed by atoms with Gasteiger partial charge in [0, 0.05) is 39.3 Å². The van der Waals surface area contributed by atoms with Gasteiger partial charge in [-0.1, -0.05) is 0 Å². The van der Waals surface area contributed by atoms with E-state index in [2.05, 4.69) is 0 Å². The van der Waals surface area contributed by atoms with Crippen molar-refractivity contribution in [1.82, 2.24) is 4.90 Å². The Labute approximate surface area is 91.8 Å². The highest BCUT2D eigenvalue weighted by atomic mass is 16.5. The summed E-state index contributed by atoms with van der Waals surface area (Å²) in [5.41, 5.74) is 5.53. The molecule has 15 heavy (non-hydrogen) atoms. The molecule has 1 aliphatic rings. The van der Waals surface area contributed by atoms with E-state index >= 15 is 0 Å². The lowest BCUT2D eigenvalue weighted by molar-refractivity contribution is -0.133. The van der Waals surface area contributed by atoms with Gasteiger partial charge >= 0.3 is 0 Å². The van der Waals surface area contributed by atoms with Crippen molar-refractivity contribution in [3.05, 3.63) is 0 Å². The molecule has 0 spiro atoms. The van der Waals surface area contributed by atoms with E-state index in [-0.39, 0.29) is 11.9 Å². The number of rotatable bonds is 4. The molecule has 1 fully saturated rings. The van der Waals surface area contributed by atoms with Crippen LogP contribution in [0.5, 0.6) is 0 Å². The number of nitrogens with two attached hydrogens (primary N) is 1. The summed E-state index contributed by atoms with van der Waals surface area (Å²) in [5, 5.41) is 0. The molecule has 4 nitrogen and oxygen atoms in total. The molecule has 0 radical (unpaired) electrons. The van der Waals surface area contributed by atoms with Crippen LogP contribution in [0.1, 0.15) is 26.2 Å². The first-order chi connectivity index (χ1) is 7.15. The molecule has 0 aliphatic carbocycles. The molecular weight excluding hydrogens is 192 g/mol. The number of hydrogen-bond donors (Lipinski definition) is 1. The van der Waals surface area contributed by atoms with E-state index in [9.17, 15) is 4.79 Å². The van der Waals surface area contributed by atoms with Gasteiger partial charge < -0.3 is 15.4 Å². The molecule has 0 aromatic rings.